The van der Waals surface area contributed by atoms with Gasteiger partial charge in [-0.25, -0.2) is 0 Å². The largest absolute Gasteiger partial charge is 0.369 e. The maximum absolute atomic E-state index is 6.12. The fourth-order valence-electron chi connectivity index (χ4n) is 2.36. The van der Waals surface area contributed by atoms with E-state index in [1.54, 1.807) is 0 Å². The van der Waals surface area contributed by atoms with Crippen LogP contribution in [-0.4, -0.2) is 19.6 Å². The van der Waals surface area contributed by atoms with Gasteiger partial charge in [-0.1, -0.05) is 31.4 Å². The van der Waals surface area contributed by atoms with Gasteiger partial charge < -0.3 is 10.2 Å². The molecule has 0 aromatic heterocycles. The van der Waals surface area contributed by atoms with Crippen LogP contribution in [0.5, 0.6) is 0 Å². The summed E-state index contributed by atoms with van der Waals surface area (Å²) in [5, 5.41) is 4.04. The van der Waals surface area contributed by atoms with Gasteiger partial charge in [0.25, 0.3) is 0 Å². The summed E-state index contributed by atoms with van der Waals surface area (Å²) in [5.74, 6) is 0. The van der Waals surface area contributed by atoms with Crippen LogP contribution in [0.4, 0.5) is 5.69 Å². The third-order valence-electron chi connectivity index (χ3n) is 3.34. The molecule has 1 rings (SSSR count). The lowest BCUT2D eigenvalue weighted by Gasteiger charge is -2.31. The first-order valence-electron chi connectivity index (χ1n) is 7.29. The molecule has 0 bridgehead atoms. The van der Waals surface area contributed by atoms with Gasteiger partial charge in [-0.15, -0.1) is 0 Å². The van der Waals surface area contributed by atoms with Gasteiger partial charge in [-0.05, 0) is 51.1 Å². The van der Waals surface area contributed by atoms with Crippen LogP contribution in [0.15, 0.2) is 18.2 Å². The number of nitrogens with zero attached hydrogens (tertiary/aromatic N) is 1. The first-order valence-corrected chi connectivity index (χ1v) is 7.67. The van der Waals surface area contributed by atoms with Crippen molar-refractivity contribution in [3.63, 3.8) is 0 Å². The van der Waals surface area contributed by atoms with E-state index in [2.05, 4.69) is 43.1 Å². The van der Waals surface area contributed by atoms with Gasteiger partial charge >= 0.3 is 0 Å². The first kappa shape index (κ1) is 16.3. The van der Waals surface area contributed by atoms with Crippen molar-refractivity contribution in [3.05, 3.63) is 28.8 Å². The number of hydrogen-bond acceptors (Lipinski definition) is 2. The number of anilines is 1. The zero-order valence-electron chi connectivity index (χ0n) is 12.7. The second-order valence-electron chi connectivity index (χ2n) is 5.30. The van der Waals surface area contributed by atoms with Crippen LogP contribution in [0.2, 0.25) is 5.02 Å². The number of hydrogen-bond donors (Lipinski definition) is 1. The average Bonchev–Trinajstić information content (AvgIpc) is 2.36. The minimum Gasteiger partial charge on any atom is -0.369 e. The van der Waals surface area contributed by atoms with Crippen molar-refractivity contribution >= 4 is 17.3 Å². The third kappa shape index (κ3) is 5.04. The van der Waals surface area contributed by atoms with Crippen LogP contribution >= 0.6 is 11.6 Å². The summed E-state index contributed by atoms with van der Waals surface area (Å²) in [6.45, 7) is 8.72. The van der Waals surface area contributed by atoms with Crippen molar-refractivity contribution in [2.24, 2.45) is 0 Å². The Bertz CT molecular complexity index is 377. The Balaban J connectivity index is 2.93. The highest BCUT2D eigenvalue weighted by atomic mass is 35.5. The van der Waals surface area contributed by atoms with E-state index in [-0.39, 0.29) is 0 Å². The molecular formula is C16H27ClN2. The number of benzene rings is 1. The third-order valence-corrected chi connectivity index (χ3v) is 3.58. The molecule has 108 valence electrons. The molecule has 3 heteroatoms. The Hall–Kier alpha value is -0.730. The van der Waals surface area contributed by atoms with Crippen LogP contribution in [-0.2, 0) is 6.54 Å². The van der Waals surface area contributed by atoms with Crippen LogP contribution in [0.3, 0.4) is 0 Å². The van der Waals surface area contributed by atoms with E-state index in [9.17, 15) is 0 Å². The molecule has 2 nitrogen and oxygen atoms in total. The summed E-state index contributed by atoms with van der Waals surface area (Å²) in [4.78, 5) is 2.48. The van der Waals surface area contributed by atoms with E-state index < -0.39 is 0 Å². The zero-order chi connectivity index (χ0) is 14.3. The van der Waals surface area contributed by atoms with Gasteiger partial charge in [-0.2, -0.15) is 0 Å². The zero-order valence-corrected chi connectivity index (χ0v) is 13.4. The van der Waals surface area contributed by atoms with Gasteiger partial charge in [0, 0.05) is 29.8 Å². The molecule has 0 aliphatic heterocycles. The Morgan fingerprint density at radius 3 is 2.58 bits per heavy atom. The highest BCUT2D eigenvalue weighted by Crippen LogP contribution is 2.26. The molecule has 0 fully saturated rings. The van der Waals surface area contributed by atoms with Crippen molar-refractivity contribution < 1.29 is 0 Å². The summed E-state index contributed by atoms with van der Waals surface area (Å²) in [6, 6.07) is 6.73. The molecular weight excluding hydrogens is 256 g/mol. The normalized spacial score (nSPS) is 11.1. The quantitative estimate of drug-likeness (QED) is 0.708. The lowest BCUT2D eigenvalue weighted by atomic mass is 10.1. The van der Waals surface area contributed by atoms with E-state index in [1.165, 1.54) is 30.5 Å². The fraction of sp³-hybridized carbons (Fsp3) is 0.625. The summed E-state index contributed by atoms with van der Waals surface area (Å²) < 4.78 is 0. The van der Waals surface area contributed by atoms with Gasteiger partial charge in [0.05, 0.1) is 0 Å². The molecule has 1 aromatic carbocycles. The Morgan fingerprint density at radius 1 is 1.26 bits per heavy atom. The average molecular weight is 283 g/mol. The van der Waals surface area contributed by atoms with Crippen molar-refractivity contribution in [1.82, 2.24) is 5.32 Å². The van der Waals surface area contributed by atoms with Crippen LogP contribution < -0.4 is 10.2 Å². The molecule has 1 aromatic rings. The minimum atomic E-state index is 0.508. The van der Waals surface area contributed by atoms with E-state index >= 15 is 0 Å². The Labute approximate surface area is 123 Å². The number of rotatable bonds is 8. The highest BCUT2D eigenvalue weighted by Gasteiger charge is 2.14. The molecule has 0 radical (unpaired) electrons. The van der Waals surface area contributed by atoms with Crippen molar-refractivity contribution in [2.75, 3.05) is 18.5 Å². The summed E-state index contributed by atoms with van der Waals surface area (Å²) in [7, 11) is 1.97. The second kappa shape index (κ2) is 8.44. The van der Waals surface area contributed by atoms with Gasteiger partial charge in [0.15, 0.2) is 0 Å². The molecule has 0 heterocycles. The van der Waals surface area contributed by atoms with Gasteiger partial charge in [-0.3, -0.25) is 0 Å². The maximum Gasteiger partial charge on any atom is 0.0415 e. The lowest BCUT2D eigenvalue weighted by molar-refractivity contribution is 0.622. The summed E-state index contributed by atoms with van der Waals surface area (Å²) in [6.07, 6.45) is 3.80. The van der Waals surface area contributed by atoms with E-state index in [4.69, 9.17) is 11.6 Å². The number of unbranched alkanes of at least 4 members (excludes halogenated alkanes) is 2. The van der Waals surface area contributed by atoms with Crippen LogP contribution in [0.1, 0.15) is 45.6 Å². The Morgan fingerprint density at radius 2 is 2.00 bits per heavy atom. The highest BCUT2D eigenvalue weighted by molar-refractivity contribution is 6.30. The predicted octanol–water partition coefficient (Wildman–Crippen LogP) is 4.46. The fourth-order valence-corrected chi connectivity index (χ4v) is 2.55. The standard InChI is InChI=1S/C16H27ClN2/c1-5-6-7-10-19(13(2)3)16-9-8-15(17)11-14(16)12-18-4/h8-9,11,13,18H,5-7,10,12H2,1-4H3. The van der Waals surface area contributed by atoms with E-state index in [0.29, 0.717) is 6.04 Å². The van der Waals surface area contributed by atoms with Crippen molar-refractivity contribution in [3.8, 4) is 0 Å². The predicted molar refractivity (Wildman–Crippen MR) is 86.2 cm³/mol. The lowest BCUT2D eigenvalue weighted by Crippen LogP contribution is -2.33. The molecule has 0 amide bonds. The molecule has 0 atom stereocenters. The molecule has 19 heavy (non-hydrogen) atoms. The second-order valence-corrected chi connectivity index (χ2v) is 5.73. The number of halogens is 1. The topological polar surface area (TPSA) is 15.3 Å². The monoisotopic (exact) mass is 282 g/mol. The van der Waals surface area contributed by atoms with Crippen LogP contribution in [0.25, 0.3) is 0 Å². The molecule has 0 saturated carbocycles. The van der Waals surface area contributed by atoms with Gasteiger partial charge in [0.2, 0.25) is 0 Å². The van der Waals surface area contributed by atoms with Crippen molar-refractivity contribution in [1.29, 1.82) is 0 Å². The minimum absolute atomic E-state index is 0.508. The smallest absolute Gasteiger partial charge is 0.0415 e. The molecule has 0 aliphatic carbocycles. The number of nitrogens with one attached hydrogen (secondary N) is 1. The summed E-state index contributed by atoms with van der Waals surface area (Å²) >= 11 is 6.12. The van der Waals surface area contributed by atoms with Crippen molar-refractivity contribution in [2.45, 2.75) is 52.6 Å². The van der Waals surface area contributed by atoms with Gasteiger partial charge in [0.1, 0.15) is 0 Å². The van der Waals surface area contributed by atoms with E-state index in [1.807, 2.05) is 13.1 Å². The molecule has 0 aliphatic rings. The summed E-state index contributed by atoms with van der Waals surface area (Å²) in [5.41, 5.74) is 2.59. The molecule has 0 saturated heterocycles. The molecule has 1 N–H and O–H groups in total. The van der Waals surface area contributed by atoms with Crippen LogP contribution in [0, 0.1) is 0 Å². The maximum atomic E-state index is 6.12. The van der Waals surface area contributed by atoms with E-state index in [0.717, 1.165) is 18.1 Å². The SMILES string of the molecule is CCCCCN(c1ccc(Cl)cc1CNC)C(C)C. The molecule has 0 spiro atoms. The first-order chi connectivity index (χ1) is 9.10. The molecule has 0 unspecified atom stereocenters. The Kier molecular flexibility index (Phi) is 7.25.